The standard InChI is InChI=1S/C15H19N3O/c1-3-12-6-5-7-14(8-12)19-11-13-9-18-15(10-17-13)16-4-2/h5-10H,3-4,11H2,1-2H3,(H,16,18). The monoisotopic (exact) mass is 257 g/mol. The number of hydrogen-bond acceptors (Lipinski definition) is 4. The van der Waals surface area contributed by atoms with Gasteiger partial charge < -0.3 is 10.1 Å². The van der Waals surface area contributed by atoms with Crippen molar-refractivity contribution in [2.24, 2.45) is 0 Å². The smallest absolute Gasteiger partial charge is 0.144 e. The van der Waals surface area contributed by atoms with Gasteiger partial charge in [0.2, 0.25) is 0 Å². The van der Waals surface area contributed by atoms with Crippen molar-refractivity contribution in [1.29, 1.82) is 0 Å². The summed E-state index contributed by atoms with van der Waals surface area (Å²) in [5.74, 6) is 1.66. The van der Waals surface area contributed by atoms with Crippen LogP contribution in [0.15, 0.2) is 36.7 Å². The Labute approximate surface area is 113 Å². The Kier molecular flexibility index (Phi) is 4.72. The number of hydrogen-bond donors (Lipinski definition) is 1. The van der Waals surface area contributed by atoms with E-state index in [1.807, 2.05) is 19.1 Å². The molecule has 0 aliphatic heterocycles. The summed E-state index contributed by atoms with van der Waals surface area (Å²) in [6, 6.07) is 8.12. The van der Waals surface area contributed by atoms with Crippen molar-refractivity contribution >= 4 is 5.82 Å². The zero-order valence-electron chi connectivity index (χ0n) is 11.4. The molecule has 0 aliphatic rings. The molecule has 2 rings (SSSR count). The van der Waals surface area contributed by atoms with Crippen molar-refractivity contribution < 1.29 is 4.74 Å². The van der Waals surface area contributed by atoms with E-state index in [-0.39, 0.29) is 0 Å². The first-order valence-electron chi connectivity index (χ1n) is 6.58. The second kappa shape index (κ2) is 6.73. The zero-order chi connectivity index (χ0) is 13.5. The van der Waals surface area contributed by atoms with E-state index in [1.165, 1.54) is 5.56 Å². The highest BCUT2D eigenvalue weighted by Crippen LogP contribution is 2.15. The van der Waals surface area contributed by atoms with Crippen LogP contribution in [0, 0.1) is 0 Å². The summed E-state index contributed by atoms with van der Waals surface area (Å²) in [6.45, 7) is 5.43. The molecule has 0 fully saturated rings. The van der Waals surface area contributed by atoms with Gasteiger partial charge in [0.15, 0.2) is 0 Å². The van der Waals surface area contributed by atoms with Crippen LogP contribution in [0.25, 0.3) is 0 Å². The molecular weight excluding hydrogens is 238 g/mol. The second-order valence-corrected chi connectivity index (χ2v) is 4.21. The predicted molar refractivity (Wildman–Crippen MR) is 76.3 cm³/mol. The van der Waals surface area contributed by atoms with Gasteiger partial charge in [0, 0.05) is 6.54 Å². The van der Waals surface area contributed by atoms with E-state index in [1.54, 1.807) is 12.4 Å². The van der Waals surface area contributed by atoms with Crippen molar-refractivity contribution in [1.82, 2.24) is 9.97 Å². The van der Waals surface area contributed by atoms with E-state index in [2.05, 4.69) is 34.3 Å². The normalized spacial score (nSPS) is 10.2. The molecule has 0 saturated heterocycles. The Morgan fingerprint density at radius 1 is 1.16 bits per heavy atom. The molecule has 0 aliphatic carbocycles. The molecule has 100 valence electrons. The molecule has 4 heteroatoms. The maximum absolute atomic E-state index is 5.71. The van der Waals surface area contributed by atoms with E-state index in [4.69, 9.17) is 4.74 Å². The molecule has 0 bridgehead atoms. The summed E-state index contributed by atoms with van der Waals surface area (Å²) in [5, 5.41) is 3.11. The fourth-order valence-corrected chi connectivity index (χ4v) is 1.71. The fraction of sp³-hybridized carbons (Fsp3) is 0.333. The Balaban J connectivity index is 1.94. The van der Waals surface area contributed by atoms with Crippen LogP contribution in [-0.2, 0) is 13.0 Å². The van der Waals surface area contributed by atoms with E-state index < -0.39 is 0 Å². The molecule has 0 radical (unpaired) electrons. The van der Waals surface area contributed by atoms with Gasteiger partial charge in [-0.1, -0.05) is 19.1 Å². The first kappa shape index (κ1) is 13.3. The average Bonchev–Trinajstić information content (AvgIpc) is 2.47. The summed E-state index contributed by atoms with van der Waals surface area (Å²) >= 11 is 0. The predicted octanol–water partition coefficient (Wildman–Crippen LogP) is 3.05. The van der Waals surface area contributed by atoms with Crippen molar-refractivity contribution in [3.63, 3.8) is 0 Å². The molecule has 1 heterocycles. The van der Waals surface area contributed by atoms with E-state index in [9.17, 15) is 0 Å². The molecule has 4 nitrogen and oxygen atoms in total. The van der Waals surface area contributed by atoms with Crippen LogP contribution < -0.4 is 10.1 Å². The Morgan fingerprint density at radius 3 is 2.74 bits per heavy atom. The number of aromatic nitrogens is 2. The highest BCUT2D eigenvalue weighted by Gasteiger charge is 2.00. The van der Waals surface area contributed by atoms with Crippen LogP contribution in [0.1, 0.15) is 25.1 Å². The third-order valence-corrected chi connectivity index (χ3v) is 2.76. The van der Waals surface area contributed by atoms with Gasteiger partial charge in [0.1, 0.15) is 18.2 Å². The second-order valence-electron chi connectivity index (χ2n) is 4.21. The Hall–Kier alpha value is -2.10. The summed E-state index contributed by atoms with van der Waals surface area (Å²) in [5.41, 5.74) is 2.09. The maximum Gasteiger partial charge on any atom is 0.144 e. The molecular formula is C15H19N3O. The molecule has 19 heavy (non-hydrogen) atoms. The molecule has 1 N–H and O–H groups in total. The quantitative estimate of drug-likeness (QED) is 0.864. The number of rotatable bonds is 6. The van der Waals surface area contributed by atoms with Crippen LogP contribution in [-0.4, -0.2) is 16.5 Å². The fourth-order valence-electron chi connectivity index (χ4n) is 1.71. The third kappa shape index (κ3) is 3.95. The van der Waals surface area contributed by atoms with Crippen LogP contribution in [0.2, 0.25) is 0 Å². The van der Waals surface area contributed by atoms with Gasteiger partial charge in [0.25, 0.3) is 0 Å². The third-order valence-electron chi connectivity index (χ3n) is 2.76. The SMILES string of the molecule is CCNc1cnc(COc2cccc(CC)c2)cn1. The lowest BCUT2D eigenvalue weighted by Crippen LogP contribution is -2.03. The molecule has 0 amide bonds. The van der Waals surface area contributed by atoms with Crippen molar-refractivity contribution in [2.75, 3.05) is 11.9 Å². The first-order valence-corrected chi connectivity index (χ1v) is 6.58. The Morgan fingerprint density at radius 2 is 2.05 bits per heavy atom. The van der Waals surface area contributed by atoms with Gasteiger partial charge in [-0.25, -0.2) is 4.98 Å². The molecule has 0 atom stereocenters. The highest BCUT2D eigenvalue weighted by molar-refractivity contribution is 5.31. The van der Waals surface area contributed by atoms with Crippen molar-refractivity contribution in [3.05, 3.63) is 47.9 Å². The number of nitrogens with zero attached hydrogens (tertiary/aromatic N) is 2. The van der Waals surface area contributed by atoms with Gasteiger partial charge in [-0.2, -0.15) is 0 Å². The number of benzene rings is 1. The number of anilines is 1. The van der Waals surface area contributed by atoms with E-state index >= 15 is 0 Å². The van der Waals surface area contributed by atoms with Crippen LogP contribution in [0.5, 0.6) is 5.75 Å². The van der Waals surface area contributed by atoms with Gasteiger partial charge >= 0.3 is 0 Å². The molecule has 0 unspecified atom stereocenters. The van der Waals surface area contributed by atoms with Gasteiger partial charge in [-0.3, -0.25) is 4.98 Å². The highest BCUT2D eigenvalue weighted by atomic mass is 16.5. The number of nitrogens with one attached hydrogen (secondary N) is 1. The van der Waals surface area contributed by atoms with E-state index in [0.717, 1.165) is 30.2 Å². The Bertz CT molecular complexity index is 511. The molecule has 0 spiro atoms. The van der Waals surface area contributed by atoms with Crippen LogP contribution in [0.4, 0.5) is 5.82 Å². The first-order chi connectivity index (χ1) is 9.31. The maximum atomic E-state index is 5.71. The minimum atomic E-state index is 0.437. The van der Waals surface area contributed by atoms with Gasteiger partial charge in [-0.05, 0) is 31.0 Å². The topological polar surface area (TPSA) is 47.0 Å². The molecule has 1 aromatic heterocycles. The lowest BCUT2D eigenvalue weighted by Gasteiger charge is -2.07. The van der Waals surface area contributed by atoms with Crippen LogP contribution >= 0.6 is 0 Å². The average molecular weight is 257 g/mol. The van der Waals surface area contributed by atoms with E-state index in [0.29, 0.717) is 6.61 Å². The van der Waals surface area contributed by atoms with Gasteiger partial charge in [-0.15, -0.1) is 0 Å². The number of aryl methyl sites for hydroxylation is 1. The molecule has 0 saturated carbocycles. The van der Waals surface area contributed by atoms with Crippen LogP contribution in [0.3, 0.4) is 0 Å². The minimum Gasteiger partial charge on any atom is -0.487 e. The summed E-state index contributed by atoms with van der Waals surface area (Å²) < 4.78 is 5.71. The summed E-state index contributed by atoms with van der Waals surface area (Å²) in [6.07, 6.45) is 4.47. The van der Waals surface area contributed by atoms with Crippen molar-refractivity contribution in [3.8, 4) is 5.75 Å². The lowest BCUT2D eigenvalue weighted by atomic mass is 10.2. The zero-order valence-corrected chi connectivity index (χ0v) is 11.4. The molecule has 2 aromatic rings. The minimum absolute atomic E-state index is 0.437. The largest absolute Gasteiger partial charge is 0.487 e. The summed E-state index contributed by atoms with van der Waals surface area (Å²) in [4.78, 5) is 8.57. The molecule has 1 aromatic carbocycles. The van der Waals surface area contributed by atoms with Gasteiger partial charge in [0.05, 0.1) is 18.1 Å². The van der Waals surface area contributed by atoms with Crippen molar-refractivity contribution in [2.45, 2.75) is 26.9 Å². The summed E-state index contributed by atoms with van der Waals surface area (Å²) in [7, 11) is 0. The lowest BCUT2D eigenvalue weighted by molar-refractivity contribution is 0.300. The number of ether oxygens (including phenoxy) is 1.